The number of nitrogen functional groups attached to an aromatic ring is 1. The Balaban J connectivity index is 2.04. The van der Waals surface area contributed by atoms with Crippen LogP contribution in [0.15, 0.2) is 54.6 Å². The molecule has 3 N–H and O–H groups in total. The number of nitrogens with two attached hydrogens (primary N) is 1. The first-order valence-electron chi connectivity index (χ1n) is 7.48. The lowest BCUT2D eigenvalue weighted by atomic mass is 10.1. The molecule has 0 fully saturated rings. The van der Waals surface area contributed by atoms with Crippen LogP contribution in [-0.4, -0.2) is 27.3 Å². The number of methoxy groups -OCH3 is 1. The molecule has 0 saturated carbocycles. The number of fused-ring (bicyclic) bond motifs is 1. The molecule has 118 valence electrons. The molecule has 4 rings (SSSR count). The maximum atomic E-state index is 6.06. The Kier molecular flexibility index (Phi) is 3.35. The number of hydrogen-bond donors (Lipinski definition) is 2. The lowest BCUT2D eigenvalue weighted by Gasteiger charge is -2.10. The Morgan fingerprint density at radius 2 is 1.71 bits per heavy atom. The average molecular weight is 317 g/mol. The summed E-state index contributed by atoms with van der Waals surface area (Å²) >= 11 is 0. The highest BCUT2D eigenvalue weighted by Crippen LogP contribution is 2.35. The predicted octanol–water partition coefficient (Wildman–Crippen LogP) is 3.28. The number of rotatable bonds is 3. The van der Waals surface area contributed by atoms with E-state index < -0.39 is 0 Å². The largest absolute Gasteiger partial charge is 0.496 e. The molecular weight excluding hydrogens is 302 g/mol. The lowest BCUT2D eigenvalue weighted by Crippen LogP contribution is -1.97. The molecule has 24 heavy (non-hydrogen) atoms. The number of nitrogens with zero attached hydrogens (tertiary/aromatic N) is 3. The molecule has 2 aromatic heterocycles. The number of H-pyrrole nitrogens is 1. The van der Waals surface area contributed by atoms with Gasteiger partial charge in [0.2, 0.25) is 0 Å². The van der Waals surface area contributed by atoms with Gasteiger partial charge in [-0.3, -0.25) is 5.10 Å². The zero-order valence-electron chi connectivity index (χ0n) is 13.0. The van der Waals surface area contributed by atoms with Crippen molar-refractivity contribution in [2.75, 3.05) is 12.8 Å². The molecule has 0 radical (unpaired) electrons. The summed E-state index contributed by atoms with van der Waals surface area (Å²) in [6.45, 7) is 0. The fraction of sp³-hybridized carbons (Fsp3) is 0.0556. The minimum atomic E-state index is 0.436. The number of anilines is 1. The Bertz CT molecular complexity index is 1010. The van der Waals surface area contributed by atoms with Crippen molar-refractivity contribution in [3.05, 3.63) is 54.6 Å². The molecule has 2 heterocycles. The van der Waals surface area contributed by atoms with Gasteiger partial charge < -0.3 is 10.5 Å². The van der Waals surface area contributed by atoms with Gasteiger partial charge in [-0.1, -0.05) is 42.5 Å². The first kappa shape index (κ1) is 14.2. The topological polar surface area (TPSA) is 89.7 Å². The zero-order valence-corrected chi connectivity index (χ0v) is 13.0. The van der Waals surface area contributed by atoms with Gasteiger partial charge in [-0.2, -0.15) is 5.10 Å². The van der Waals surface area contributed by atoms with E-state index in [4.69, 9.17) is 15.5 Å². The molecule has 0 saturated heterocycles. The molecule has 0 aliphatic carbocycles. The van der Waals surface area contributed by atoms with E-state index >= 15 is 0 Å². The Morgan fingerprint density at radius 3 is 2.50 bits per heavy atom. The van der Waals surface area contributed by atoms with E-state index in [1.54, 1.807) is 7.11 Å². The van der Waals surface area contributed by atoms with Gasteiger partial charge >= 0.3 is 0 Å². The van der Waals surface area contributed by atoms with Crippen molar-refractivity contribution < 1.29 is 4.74 Å². The van der Waals surface area contributed by atoms with Gasteiger partial charge in [-0.05, 0) is 12.1 Å². The highest BCUT2D eigenvalue weighted by molar-refractivity contribution is 5.99. The van der Waals surface area contributed by atoms with Crippen molar-refractivity contribution >= 4 is 16.9 Å². The molecule has 4 aromatic rings. The number of hydrogen-bond acceptors (Lipinski definition) is 5. The van der Waals surface area contributed by atoms with Crippen molar-refractivity contribution in [3.63, 3.8) is 0 Å². The monoisotopic (exact) mass is 317 g/mol. The van der Waals surface area contributed by atoms with Gasteiger partial charge in [0.15, 0.2) is 11.5 Å². The minimum Gasteiger partial charge on any atom is -0.496 e. The molecule has 0 aliphatic rings. The molecule has 6 heteroatoms. The number of benzene rings is 2. The van der Waals surface area contributed by atoms with Crippen LogP contribution in [-0.2, 0) is 0 Å². The lowest BCUT2D eigenvalue weighted by molar-refractivity contribution is 0.416. The summed E-state index contributed by atoms with van der Waals surface area (Å²) in [5.41, 5.74) is 9.04. The summed E-state index contributed by atoms with van der Waals surface area (Å²) in [5.74, 6) is 1.75. The summed E-state index contributed by atoms with van der Waals surface area (Å²) in [6, 6.07) is 17.5. The summed E-state index contributed by atoms with van der Waals surface area (Å²) < 4.78 is 5.48. The first-order chi connectivity index (χ1) is 11.8. The van der Waals surface area contributed by atoms with E-state index in [2.05, 4.69) is 15.2 Å². The molecule has 0 amide bonds. The predicted molar refractivity (Wildman–Crippen MR) is 93.5 cm³/mol. The molecule has 0 bridgehead atoms. The second-order valence-electron chi connectivity index (χ2n) is 5.30. The van der Waals surface area contributed by atoms with E-state index in [1.165, 1.54) is 0 Å². The van der Waals surface area contributed by atoms with E-state index in [1.807, 2.05) is 54.6 Å². The summed E-state index contributed by atoms with van der Waals surface area (Å²) in [5, 5.41) is 7.69. The van der Waals surface area contributed by atoms with Crippen molar-refractivity contribution in [3.8, 4) is 28.4 Å². The minimum absolute atomic E-state index is 0.436. The van der Waals surface area contributed by atoms with Gasteiger partial charge in [-0.15, -0.1) is 0 Å². The van der Waals surface area contributed by atoms with E-state index in [-0.39, 0.29) is 0 Å². The standard InChI is InChI=1S/C18H15N5O/c1-24-13-10-6-5-9-12(13)15-14-16(19)22-23-18(14)21-17(20-15)11-7-3-2-4-8-11/h2-10H,1H3,(H3,19,20,21,22,23). The van der Waals surface area contributed by atoms with Crippen LogP contribution in [0, 0.1) is 0 Å². The van der Waals surface area contributed by atoms with Crippen molar-refractivity contribution in [2.45, 2.75) is 0 Å². The Hall–Kier alpha value is -3.41. The number of aromatic nitrogens is 4. The number of aromatic amines is 1. The summed E-state index contributed by atoms with van der Waals surface area (Å²) in [7, 11) is 1.63. The van der Waals surface area contributed by atoms with Crippen LogP contribution in [0.4, 0.5) is 5.82 Å². The molecule has 0 unspecified atom stereocenters. The van der Waals surface area contributed by atoms with Crippen LogP contribution in [0.5, 0.6) is 5.75 Å². The Labute approximate surface area is 138 Å². The maximum Gasteiger partial charge on any atom is 0.187 e. The smallest absolute Gasteiger partial charge is 0.187 e. The number of para-hydroxylation sites is 1. The number of ether oxygens (including phenoxy) is 1. The quantitative estimate of drug-likeness (QED) is 0.605. The van der Waals surface area contributed by atoms with Gasteiger partial charge in [-0.25, -0.2) is 9.97 Å². The van der Waals surface area contributed by atoms with Gasteiger partial charge in [0.05, 0.1) is 18.2 Å². The number of nitrogens with one attached hydrogen (secondary N) is 1. The van der Waals surface area contributed by atoms with Gasteiger partial charge in [0.1, 0.15) is 11.6 Å². The molecular formula is C18H15N5O. The molecule has 0 atom stereocenters. The third-order valence-electron chi connectivity index (χ3n) is 3.84. The van der Waals surface area contributed by atoms with Crippen LogP contribution in [0.3, 0.4) is 0 Å². The second-order valence-corrected chi connectivity index (χ2v) is 5.30. The maximum absolute atomic E-state index is 6.06. The zero-order chi connectivity index (χ0) is 16.5. The van der Waals surface area contributed by atoms with Crippen LogP contribution in [0.2, 0.25) is 0 Å². The van der Waals surface area contributed by atoms with Crippen molar-refractivity contribution in [1.29, 1.82) is 0 Å². The fourth-order valence-corrected chi connectivity index (χ4v) is 2.70. The fourth-order valence-electron chi connectivity index (χ4n) is 2.70. The SMILES string of the molecule is COc1ccccc1-c1nc(-c2ccccc2)nc2n[nH]c(N)c12. The van der Waals surface area contributed by atoms with E-state index in [0.29, 0.717) is 28.4 Å². The molecule has 2 aromatic carbocycles. The van der Waals surface area contributed by atoms with Crippen LogP contribution in [0.1, 0.15) is 0 Å². The third kappa shape index (κ3) is 2.25. The second kappa shape index (κ2) is 5.66. The van der Waals surface area contributed by atoms with Crippen LogP contribution >= 0.6 is 0 Å². The average Bonchev–Trinajstić information content (AvgIpc) is 3.03. The van der Waals surface area contributed by atoms with Gasteiger partial charge in [0, 0.05) is 11.1 Å². The third-order valence-corrected chi connectivity index (χ3v) is 3.84. The summed E-state index contributed by atoms with van der Waals surface area (Å²) in [4.78, 5) is 9.29. The highest BCUT2D eigenvalue weighted by atomic mass is 16.5. The molecule has 0 spiro atoms. The van der Waals surface area contributed by atoms with Crippen molar-refractivity contribution in [1.82, 2.24) is 20.2 Å². The van der Waals surface area contributed by atoms with E-state index in [9.17, 15) is 0 Å². The van der Waals surface area contributed by atoms with E-state index in [0.717, 1.165) is 16.9 Å². The molecule has 0 aliphatic heterocycles. The van der Waals surface area contributed by atoms with Crippen molar-refractivity contribution in [2.24, 2.45) is 0 Å². The van der Waals surface area contributed by atoms with Gasteiger partial charge in [0.25, 0.3) is 0 Å². The normalized spacial score (nSPS) is 10.9. The highest BCUT2D eigenvalue weighted by Gasteiger charge is 2.18. The van der Waals surface area contributed by atoms with Crippen LogP contribution < -0.4 is 10.5 Å². The first-order valence-corrected chi connectivity index (χ1v) is 7.48. The molecule has 6 nitrogen and oxygen atoms in total. The summed E-state index contributed by atoms with van der Waals surface area (Å²) in [6.07, 6.45) is 0. The Morgan fingerprint density at radius 1 is 0.958 bits per heavy atom. The van der Waals surface area contributed by atoms with Crippen LogP contribution in [0.25, 0.3) is 33.7 Å².